The Hall–Kier alpha value is -1.44. The van der Waals surface area contributed by atoms with E-state index in [0.29, 0.717) is 6.04 Å². The van der Waals surface area contributed by atoms with E-state index in [1.54, 1.807) is 18.2 Å². The summed E-state index contributed by atoms with van der Waals surface area (Å²) in [5.41, 5.74) is 0. The maximum Gasteiger partial charge on any atom is 0.243 e. The first-order valence-electron chi connectivity index (χ1n) is 8.01. The number of nitrogens with one attached hydrogen (secondary N) is 1. The van der Waals surface area contributed by atoms with Crippen molar-refractivity contribution in [3.63, 3.8) is 0 Å². The number of nitrogens with zero attached hydrogens (tertiary/aromatic N) is 2. The molecule has 1 aliphatic carbocycles. The van der Waals surface area contributed by atoms with Crippen molar-refractivity contribution in [3.8, 4) is 0 Å². The lowest BCUT2D eigenvalue weighted by molar-refractivity contribution is -0.121. The molecule has 1 aliphatic heterocycles. The van der Waals surface area contributed by atoms with Gasteiger partial charge in [-0.3, -0.25) is 9.69 Å². The van der Waals surface area contributed by atoms with Crippen molar-refractivity contribution in [2.45, 2.75) is 36.2 Å². The topological polar surface area (TPSA) is 69.7 Å². The van der Waals surface area contributed by atoms with Crippen LogP contribution < -0.4 is 5.32 Å². The van der Waals surface area contributed by atoms with Crippen LogP contribution in [-0.4, -0.2) is 62.3 Å². The molecule has 126 valence electrons. The summed E-state index contributed by atoms with van der Waals surface area (Å²) < 4.78 is 25.9. The van der Waals surface area contributed by atoms with Crippen molar-refractivity contribution in [2.24, 2.45) is 0 Å². The number of sulfonamides is 1. The monoisotopic (exact) mass is 337 g/mol. The predicted octanol–water partition coefficient (Wildman–Crippen LogP) is 0.660. The second kappa shape index (κ2) is 6.59. The first-order valence-corrected chi connectivity index (χ1v) is 9.45. The van der Waals surface area contributed by atoms with Gasteiger partial charge in [-0.05, 0) is 31.4 Å². The molecule has 1 aromatic rings. The van der Waals surface area contributed by atoms with Crippen LogP contribution in [0.25, 0.3) is 0 Å². The largest absolute Gasteiger partial charge is 0.351 e. The van der Waals surface area contributed by atoms with E-state index in [0.717, 1.165) is 23.8 Å². The fourth-order valence-electron chi connectivity index (χ4n) is 3.01. The van der Waals surface area contributed by atoms with Crippen molar-refractivity contribution in [1.82, 2.24) is 14.5 Å². The number of benzene rings is 1. The average molecular weight is 337 g/mol. The third-order valence-corrected chi connectivity index (χ3v) is 6.28. The Morgan fingerprint density at radius 1 is 1.26 bits per heavy atom. The van der Waals surface area contributed by atoms with Gasteiger partial charge < -0.3 is 5.32 Å². The number of hydrogen-bond donors (Lipinski definition) is 1. The number of carbonyl (C=O) groups excluding carboxylic acids is 1. The van der Waals surface area contributed by atoms with Gasteiger partial charge in [0.25, 0.3) is 0 Å². The zero-order valence-corrected chi connectivity index (χ0v) is 14.1. The molecule has 1 saturated carbocycles. The maximum absolute atomic E-state index is 12.4. The van der Waals surface area contributed by atoms with Gasteiger partial charge in [0.15, 0.2) is 0 Å². The Bertz CT molecular complexity index is 658. The first-order chi connectivity index (χ1) is 11.0. The fraction of sp³-hybridized carbons (Fsp3) is 0.562. The molecule has 3 rings (SSSR count). The SMILES string of the molecule is CN(CC(=O)N[C@H]1CCN(C2CC2)C1)S(=O)(=O)c1ccccc1. The minimum atomic E-state index is -3.62. The Labute approximate surface area is 137 Å². The Kier molecular flexibility index (Phi) is 4.70. The molecule has 1 heterocycles. The maximum atomic E-state index is 12.4. The van der Waals surface area contributed by atoms with Gasteiger partial charge >= 0.3 is 0 Å². The summed E-state index contributed by atoms with van der Waals surface area (Å²) in [6.45, 7) is 1.75. The van der Waals surface area contributed by atoms with E-state index in [4.69, 9.17) is 0 Å². The minimum Gasteiger partial charge on any atom is -0.351 e. The normalized spacial score (nSPS) is 22.4. The number of amides is 1. The summed E-state index contributed by atoms with van der Waals surface area (Å²) in [6, 6.07) is 9.02. The van der Waals surface area contributed by atoms with Crippen LogP contribution in [0, 0.1) is 0 Å². The molecule has 0 bridgehead atoms. The van der Waals surface area contributed by atoms with Crippen molar-refractivity contribution in [3.05, 3.63) is 30.3 Å². The van der Waals surface area contributed by atoms with E-state index in [-0.39, 0.29) is 23.4 Å². The summed E-state index contributed by atoms with van der Waals surface area (Å²) in [5.74, 6) is -0.241. The van der Waals surface area contributed by atoms with Crippen LogP contribution in [0.2, 0.25) is 0 Å². The van der Waals surface area contributed by atoms with Gasteiger partial charge in [-0.25, -0.2) is 8.42 Å². The molecule has 0 spiro atoms. The molecule has 23 heavy (non-hydrogen) atoms. The lowest BCUT2D eigenvalue weighted by Gasteiger charge is -2.19. The summed E-state index contributed by atoms with van der Waals surface area (Å²) in [4.78, 5) is 14.8. The van der Waals surface area contributed by atoms with Crippen LogP contribution in [0.1, 0.15) is 19.3 Å². The first kappa shape index (κ1) is 16.4. The highest BCUT2D eigenvalue weighted by atomic mass is 32.2. The molecule has 6 nitrogen and oxygen atoms in total. The average Bonchev–Trinajstić information content (AvgIpc) is 3.28. The number of hydrogen-bond acceptors (Lipinski definition) is 4. The van der Waals surface area contributed by atoms with Gasteiger partial charge in [-0.15, -0.1) is 0 Å². The highest BCUT2D eigenvalue weighted by molar-refractivity contribution is 7.89. The van der Waals surface area contributed by atoms with Crippen LogP contribution in [0.15, 0.2) is 35.2 Å². The van der Waals surface area contributed by atoms with Crippen LogP contribution in [0.5, 0.6) is 0 Å². The molecular formula is C16H23N3O3S. The third kappa shape index (κ3) is 3.91. The van der Waals surface area contributed by atoms with E-state index in [1.807, 2.05) is 0 Å². The lowest BCUT2D eigenvalue weighted by Crippen LogP contribution is -2.43. The van der Waals surface area contributed by atoms with Gasteiger partial charge in [-0.2, -0.15) is 4.31 Å². The quantitative estimate of drug-likeness (QED) is 0.828. The van der Waals surface area contributed by atoms with Crippen molar-refractivity contribution in [2.75, 3.05) is 26.7 Å². The molecule has 1 atom stereocenters. The molecule has 0 unspecified atom stereocenters. The molecular weight excluding hydrogens is 314 g/mol. The van der Waals surface area contributed by atoms with E-state index in [9.17, 15) is 13.2 Å². The summed E-state index contributed by atoms with van der Waals surface area (Å²) >= 11 is 0. The molecule has 0 aromatic heterocycles. The minimum absolute atomic E-state index is 0.135. The van der Waals surface area contributed by atoms with Gasteiger partial charge in [-0.1, -0.05) is 18.2 Å². The van der Waals surface area contributed by atoms with Gasteiger partial charge in [0, 0.05) is 32.2 Å². The van der Waals surface area contributed by atoms with Crippen LogP contribution in [0.3, 0.4) is 0 Å². The molecule has 2 aliphatic rings. The molecule has 7 heteroatoms. The smallest absolute Gasteiger partial charge is 0.243 e. The van der Waals surface area contributed by atoms with Crippen LogP contribution >= 0.6 is 0 Å². The molecule has 0 radical (unpaired) electrons. The zero-order chi connectivity index (χ0) is 16.4. The van der Waals surface area contributed by atoms with Gasteiger partial charge in [0.05, 0.1) is 11.4 Å². The highest BCUT2D eigenvalue weighted by Gasteiger charge is 2.35. The van der Waals surface area contributed by atoms with Crippen molar-refractivity contribution < 1.29 is 13.2 Å². The van der Waals surface area contributed by atoms with E-state index < -0.39 is 10.0 Å². The Balaban J connectivity index is 1.53. The standard InChI is InChI=1S/C16H23N3O3S/c1-18(23(21,22)15-5-3-2-4-6-15)12-16(20)17-13-9-10-19(11-13)14-7-8-14/h2-6,13-14H,7-12H2,1H3,(H,17,20)/t13-/m0/s1. The molecule has 1 amide bonds. The van der Waals surface area contributed by atoms with Crippen molar-refractivity contribution in [1.29, 1.82) is 0 Å². The van der Waals surface area contributed by atoms with E-state index in [2.05, 4.69) is 10.2 Å². The summed E-state index contributed by atoms with van der Waals surface area (Å²) in [7, 11) is -2.18. The molecule has 2 fully saturated rings. The highest BCUT2D eigenvalue weighted by Crippen LogP contribution is 2.29. The lowest BCUT2D eigenvalue weighted by atomic mass is 10.2. The van der Waals surface area contributed by atoms with E-state index >= 15 is 0 Å². The Morgan fingerprint density at radius 2 is 1.96 bits per heavy atom. The number of likely N-dealkylation sites (N-methyl/N-ethyl adjacent to an activating group) is 1. The number of carbonyl (C=O) groups is 1. The number of likely N-dealkylation sites (tertiary alicyclic amines) is 1. The van der Waals surface area contributed by atoms with Crippen molar-refractivity contribution >= 4 is 15.9 Å². The van der Waals surface area contributed by atoms with Crippen LogP contribution in [0.4, 0.5) is 0 Å². The summed E-state index contributed by atoms with van der Waals surface area (Å²) in [6.07, 6.45) is 3.47. The second-order valence-electron chi connectivity index (χ2n) is 6.35. The molecule has 1 saturated heterocycles. The molecule has 1 N–H and O–H groups in total. The van der Waals surface area contributed by atoms with Gasteiger partial charge in [0.1, 0.15) is 0 Å². The predicted molar refractivity (Wildman–Crippen MR) is 87.4 cm³/mol. The molecule has 1 aromatic carbocycles. The third-order valence-electron chi connectivity index (χ3n) is 4.47. The van der Waals surface area contributed by atoms with Gasteiger partial charge in [0.2, 0.25) is 15.9 Å². The van der Waals surface area contributed by atoms with Crippen LogP contribution in [-0.2, 0) is 14.8 Å². The summed E-state index contributed by atoms with van der Waals surface area (Å²) in [5, 5.41) is 2.96. The Morgan fingerprint density at radius 3 is 2.61 bits per heavy atom. The zero-order valence-electron chi connectivity index (χ0n) is 13.3. The number of rotatable bonds is 6. The van der Waals surface area contributed by atoms with E-state index in [1.165, 1.54) is 32.0 Å². The second-order valence-corrected chi connectivity index (χ2v) is 8.40. The fourth-order valence-corrected chi connectivity index (χ4v) is 4.16.